The van der Waals surface area contributed by atoms with Gasteiger partial charge in [0.1, 0.15) is 5.75 Å². The molecule has 0 saturated heterocycles. The second-order valence-corrected chi connectivity index (χ2v) is 6.71. The number of sulfonamides is 2. The lowest BCUT2D eigenvalue weighted by atomic mass is 10.5. The molecule has 12 heteroatoms. The zero-order chi connectivity index (χ0) is 14.1. The average molecular weight is 304 g/mol. The normalized spacial score (nSPS) is 14.9. The summed E-state index contributed by atoms with van der Waals surface area (Å²) in [5, 5.41) is 0. The molecule has 0 heterocycles. The molecular formula is C5H7F5NO4S2-. The van der Waals surface area contributed by atoms with Crippen LogP contribution in [0.1, 0.15) is 6.92 Å². The predicted molar refractivity (Wildman–Crippen MR) is 47.6 cm³/mol. The van der Waals surface area contributed by atoms with E-state index in [1.807, 2.05) is 4.13 Å². The van der Waals surface area contributed by atoms with Crippen molar-refractivity contribution in [1.29, 1.82) is 0 Å². The van der Waals surface area contributed by atoms with Gasteiger partial charge in [0, 0.05) is 6.92 Å². The van der Waals surface area contributed by atoms with Gasteiger partial charge in [-0.3, -0.25) is 0 Å². The molecule has 17 heavy (non-hydrogen) atoms. The quantitative estimate of drug-likeness (QED) is 0.715. The molecule has 0 N–H and O–H groups in total. The first-order valence-corrected chi connectivity index (χ1v) is 6.98. The van der Waals surface area contributed by atoms with Crippen LogP contribution in [-0.4, -0.2) is 40.4 Å². The van der Waals surface area contributed by atoms with Crippen molar-refractivity contribution in [3.63, 3.8) is 0 Å². The summed E-state index contributed by atoms with van der Waals surface area (Å²) in [4.78, 5) is 0. The summed E-state index contributed by atoms with van der Waals surface area (Å²) in [5.41, 5.74) is 0. The van der Waals surface area contributed by atoms with Crippen molar-refractivity contribution in [3.8, 4) is 0 Å². The largest absolute Gasteiger partial charge is 0.436 e. The van der Waals surface area contributed by atoms with Gasteiger partial charge < -0.3 is 4.13 Å². The lowest BCUT2D eigenvalue weighted by Gasteiger charge is -2.23. The van der Waals surface area contributed by atoms with Gasteiger partial charge in [-0.1, -0.05) is 0 Å². The molecule has 0 aromatic carbocycles. The molecule has 0 spiro atoms. The first-order chi connectivity index (χ1) is 7.12. The first-order valence-electron chi connectivity index (χ1n) is 3.76. The molecule has 0 unspecified atom stereocenters. The summed E-state index contributed by atoms with van der Waals surface area (Å²) < 4.78 is 104. The molecule has 0 aliphatic carbocycles. The average Bonchev–Trinajstić information content (AvgIpc) is 1.65. The van der Waals surface area contributed by atoms with Crippen LogP contribution in [0.15, 0.2) is 0 Å². The number of hydrogen-bond acceptors (Lipinski definition) is 4. The van der Waals surface area contributed by atoms with E-state index in [1.165, 1.54) is 0 Å². The van der Waals surface area contributed by atoms with E-state index >= 15 is 0 Å². The smallest absolute Gasteiger partial charge is 0.401 e. The van der Waals surface area contributed by atoms with Gasteiger partial charge in [0.15, 0.2) is 0 Å². The number of alkyl halides is 5. The molecule has 0 fully saturated rings. The van der Waals surface area contributed by atoms with Crippen molar-refractivity contribution in [3.05, 3.63) is 4.13 Å². The monoisotopic (exact) mass is 304 g/mol. The number of nitrogens with zero attached hydrogens (tertiary/aromatic N) is 1. The highest BCUT2D eigenvalue weighted by Crippen LogP contribution is 2.25. The third-order valence-electron chi connectivity index (χ3n) is 1.01. The Bertz CT molecular complexity index is 416. The number of hydrogen-bond donors (Lipinski definition) is 0. The van der Waals surface area contributed by atoms with Crippen LogP contribution < -0.4 is 0 Å². The summed E-state index contributed by atoms with van der Waals surface area (Å²) in [7, 11) is -10.6. The summed E-state index contributed by atoms with van der Waals surface area (Å²) in [6, 6.07) is 0. The molecule has 0 aromatic heterocycles. The van der Waals surface area contributed by atoms with E-state index in [1.54, 1.807) is 0 Å². The highest BCUT2D eigenvalue weighted by molar-refractivity contribution is 8.12. The maximum Gasteiger partial charge on any atom is 0.401 e. The van der Waals surface area contributed by atoms with Crippen molar-refractivity contribution in [2.75, 3.05) is 11.5 Å². The molecule has 0 atom stereocenters. The maximum atomic E-state index is 12.3. The standard InChI is InChI=1S/C5H7F5NO4S2/c1-4(6,7)2-16(12,13)11-17(14,15)3-5(8,9)10/h2-3H2,1H3/q-1. The van der Waals surface area contributed by atoms with Gasteiger partial charge >= 0.3 is 6.18 Å². The van der Waals surface area contributed by atoms with Crippen LogP contribution in [0.2, 0.25) is 0 Å². The molecule has 0 amide bonds. The minimum atomic E-state index is -5.39. The van der Waals surface area contributed by atoms with E-state index in [0.717, 1.165) is 0 Å². The molecule has 0 aromatic rings. The van der Waals surface area contributed by atoms with E-state index in [4.69, 9.17) is 0 Å². The van der Waals surface area contributed by atoms with Crippen LogP contribution in [-0.2, 0) is 20.0 Å². The van der Waals surface area contributed by atoms with E-state index in [9.17, 15) is 38.8 Å². The number of halogens is 5. The van der Waals surface area contributed by atoms with Gasteiger partial charge in [-0.15, -0.1) is 0 Å². The lowest BCUT2D eigenvalue weighted by Crippen LogP contribution is -2.28. The lowest BCUT2D eigenvalue weighted by molar-refractivity contribution is -0.106. The SMILES string of the molecule is CC(F)(F)CS(=O)(=O)[N-]S(=O)(=O)CC(F)(F)F. The highest BCUT2D eigenvalue weighted by Gasteiger charge is 2.33. The van der Waals surface area contributed by atoms with Gasteiger partial charge in [0.05, 0.1) is 25.8 Å². The summed E-state index contributed by atoms with van der Waals surface area (Å²) in [6.45, 7) is 0.163. The zero-order valence-corrected chi connectivity index (χ0v) is 9.83. The van der Waals surface area contributed by atoms with Crippen LogP contribution in [0.25, 0.3) is 4.13 Å². The zero-order valence-electron chi connectivity index (χ0n) is 8.20. The Morgan fingerprint density at radius 1 is 0.882 bits per heavy atom. The number of rotatable bonds is 5. The third-order valence-corrected chi connectivity index (χ3v) is 4.39. The van der Waals surface area contributed by atoms with Crippen LogP contribution >= 0.6 is 0 Å². The Hall–Kier alpha value is -0.490. The van der Waals surface area contributed by atoms with Crippen LogP contribution in [0.4, 0.5) is 22.0 Å². The molecule has 5 nitrogen and oxygen atoms in total. The predicted octanol–water partition coefficient (Wildman–Crippen LogP) is 1.24. The van der Waals surface area contributed by atoms with Crippen molar-refractivity contribution < 1.29 is 38.8 Å². The van der Waals surface area contributed by atoms with Gasteiger partial charge in [0.2, 0.25) is 0 Å². The second-order valence-electron chi connectivity index (χ2n) is 3.21. The van der Waals surface area contributed by atoms with E-state index in [0.29, 0.717) is 0 Å². The molecule has 0 rings (SSSR count). The van der Waals surface area contributed by atoms with E-state index in [-0.39, 0.29) is 6.92 Å². The Kier molecular flexibility index (Phi) is 4.51. The molecular weight excluding hydrogens is 297 g/mol. The van der Waals surface area contributed by atoms with Gasteiger partial charge in [-0.2, -0.15) is 13.2 Å². The van der Waals surface area contributed by atoms with Crippen molar-refractivity contribution in [2.45, 2.75) is 19.0 Å². The molecule has 0 bridgehead atoms. The first kappa shape index (κ1) is 16.5. The third kappa shape index (κ3) is 9.23. The Morgan fingerprint density at radius 3 is 1.53 bits per heavy atom. The summed E-state index contributed by atoms with van der Waals surface area (Å²) in [5.74, 6) is -8.29. The summed E-state index contributed by atoms with van der Waals surface area (Å²) >= 11 is 0. The maximum absolute atomic E-state index is 12.3. The Morgan fingerprint density at radius 2 is 1.24 bits per heavy atom. The van der Waals surface area contributed by atoms with Crippen molar-refractivity contribution >= 4 is 20.0 Å². The molecule has 0 saturated carbocycles. The second kappa shape index (κ2) is 4.65. The fourth-order valence-corrected chi connectivity index (χ4v) is 3.61. The van der Waals surface area contributed by atoms with E-state index in [2.05, 4.69) is 0 Å². The summed E-state index contributed by atoms with van der Waals surface area (Å²) in [6.07, 6.45) is -5.20. The van der Waals surface area contributed by atoms with Crippen LogP contribution in [0.3, 0.4) is 0 Å². The van der Waals surface area contributed by atoms with Gasteiger partial charge in [-0.05, 0) is 0 Å². The van der Waals surface area contributed by atoms with E-state index < -0.39 is 43.7 Å². The molecule has 0 aliphatic rings. The van der Waals surface area contributed by atoms with Crippen molar-refractivity contribution in [1.82, 2.24) is 0 Å². The topological polar surface area (TPSA) is 82.4 Å². The molecule has 0 radical (unpaired) electrons. The van der Waals surface area contributed by atoms with Crippen LogP contribution in [0.5, 0.6) is 0 Å². The minimum Gasteiger partial charge on any atom is -0.436 e. The molecule has 104 valence electrons. The van der Waals surface area contributed by atoms with Gasteiger partial charge in [-0.25, -0.2) is 25.6 Å². The fraction of sp³-hybridized carbons (Fsp3) is 1.00. The van der Waals surface area contributed by atoms with Gasteiger partial charge in [0.25, 0.3) is 5.92 Å². The highest BCUT2D eigenvalue weighted by atomic mass is 32.3. The Labute approximate surface area is 94.1 Å². The van der Waals surface area contributed by atoms with Crippen molar-refractivity contribution in [2.24, 2.45) is 0 Å². The molecule has 0 aliphatic heterocycles. The van der Waals surface area contributed by atoms with Crippen LogP contribution in [0, 0.1) is 0 Å². The fourth-order valence-electron chi connectivity index (χ4n) is 0.753. The Balaban J connectivity index is 4.86. The minimum absolute atomic E-state index is 0.163.